The maximum Gasteiger partial charge on any atom is 0.318 e. The van der Waals surface area contributed by atoms with Crippen LogP contribution in [-0.2, 0) is 17.8 Å². The Kier molecular flexibility index (Phi) is 7.90. The monoisotopic (exact) mass is 481 g/mol. The number of carbonyl (C=O) groups excluding carboxylic acids is 2. The van der Waals surface area contributed by atoms with Crippen LogP contribution in [0.25, 0.3) is 0 Å². The molecule has 180 valence electrons. The van der Waals surface area contributed by atoms with Crippen LogP contribution in [0.15, 0.2) is 58.5 Å². The van der Waals surface area contributed by atoms with Crippen LogP contribution in [0.2, 0.25) is 0 Å². The molecule has 0 unspecified atom stereocenters. The summed E-state index contributed by atoms with van der Waals surface area (Å²) in [4.78, 5) is 31.0. The van der Waals surface area contributed by atoms with E-state index in [1.165, 1.54) is 15.3 Å². The first-order valence-electron chi connectivity index (χ1n) is 11.7. The summed E-state index contributed by atoms with van der Waals surface area (Å²) in [6.45, 7) is 5.74. The highest BCUT2D eigenvalue weighted by atomic mass is 32.1. The van der Waals surface area contributed by atoms with Gasteiger partial charge in [0.1, 0.15) is 24.7 Å². The van der Waals surface area contributed by atoms with Gasteiger partial charge in [-0.3, -0.25) is 4.79 Å². The maximum atomic E-state index is 13.5. The number of nitrogens with zero attached hydrogens (tertiary/aromatic N) is 2. The van der Waals surface area contributed by atoms with Crippen LogP contribution in [0.5, 0.6) is 5.75 Å². The molecule has 0 fully saturated rings. The molecule has 0 spiro atoms. The van der Waals surface area contributed by atoms with E-state index in [2.05, 4.69) is 16.8 Å². The molecule has 7 nitrogen and oxygen atoms in total. The standard InChI is InChI=1S/C26H31N3O4S/c1-3-12-27-26(31)28(16-21-5-4-14-32-21)17-25(30)29-13-10-24-22(11-15-34-24)23(29)18-33-20-8-6-19(2)7-9-20/h4-9,11,14-15,23H,3,10,12-13,16-18H2,1-2H3,(H,27,31)/t23-/m0/s1. The minimum Gasteiger partial charge on any atom is -0.491 e. The van der Waals surface area contributed by atoms with Crippen molar-refractivity contribution >= 4 is 23.3 Å². The second kappa shape index (κ2) is 11.2. The highest BCUT2D eigenvalue weighted by molar-refractivity contribution is 7.10. The molecule has 3 amide bonds. The molecular weight excluding hydrogens is 450 g/mol. The second-order valence-electron chi connectivity index (χ2n) is 8.44. The minimum atomic E-state index is -0.271. The van der Waals surface area contributed by atoms with Crippen molar-refractivity contribution in [3.05, 3.63) is 75.9 Å². The summed E-state index contributed by atoms with van der Waals surface area (Å²) in [5, 5.41) is 4.95. The lowest BCUT2D eigenvalue weighted by atomic mass is 10.0. The van der Waals surface area contributed by atoms with Crippen molar-refractivity contribution in [2.45, 2.75) is 39.3 Å². The topological polar surface area (TPSA) is 75.0 Å². The van der Waals surface area contributed by atoms with Crippen LogP contribution < -0.4 is 10.1 Å². The molecule has 1 atom stereocenters. The molecule has 8 heteroatoms. The zero-order valence-corrected chi connectivity index (χ0v) is 20.5. The van der Waals surface area contributed by atoms with E-state index in [-0.39, 0.29) is 31.1 Å². The van der Waals surface area contributed by atoms with Gasteiger partial charge in [0.15, 0.2) is 0 Å². The molecular formula is C26H31N3O4S. The average Bonchev–Trinajstić information content (AvgIpc) is 3.53. The molecule has 34 heavy (non-hydrogen) atoms. The van der Waals surface area contributed by atoms with Crippen LogP contribution in [0.1, 0.15) is 41.2 Å². The third-order valence-electron chi connectivity index (χ3n) is 5.91. The van der Waals surface area contributed by atoms with Crippen molar-refractivity contribution in [3.8, 4) is 5.75 Å². The summed E-state index contributed by atoms with van der Waals surface area (Å²) in [5.41, 5.74) is 2.30. The lowest BCUT2D eigenvalue weighted by molar-refractivity contribution is -0.135. The number of rotatable bonds is 9. The lowest BCUT2D eigenvalue weighted by Crippen LogP contribution is -2.49. The normalized spacial score (nSPS) is 15.0. The Morgan fingerprint density at radius 1 is 1.24 bits per heavy atom. The lowest BCUT2D eigenvalue weighted by Gasteiger charge is -2.37. The molecule has 3 heterocycles. The van der Waals surface area contributed by atoms with Crippen molar-refractivity contribution in [2.75, 3.05) is 26.2 Å². The number of benzene rings is 1. The zero-order chi connectivity index (χ0) is 23.9. The summed E-state index contributed by atoms with van der Waals surface area (Å²) in [6.07, 6.45) is 3.19. The molecule has 0 aliphatic carbocycles. The fraction of sp³-hybridized carbons (Fsp3) is 0.385. The second-order valence-corrected chi connectivity index (χ2v) is 9.44. The molecule has 1 N–H and O–H groups in total. The largest absolute Gasteiger partial charge is 0.491 e. The van der Waals surface area contributed by atoms with E-state index in [1.807, 2.05) is 43.0 Å². The van der Waals surface area contributed by atoms with Gasteiger partial charge in [-0.05, 0) is 61.0 Å². The fourth-order valence-electron chi connectivity index (χ4n) is 4.07. The molecule has 0 saturated carbocycles. The van der Waals surface area contributed by atoms with Crippen LogP contribution in [-0.4, -0.2) is 48.0 Å². The van der Waals surface area contributed by atoms with Crippen LogP contribution in [0.3, 0.4) is 0 Å². The molecule has 0 radical (unpaired) electrons. The number of carbonyl (C=O) groups is 2. The number of aryl methyl sites for hydroxylation is 1. The average molecular weight is 482 g/mol. The van der Waals surface area contributed by atoms with Gasteiger partial charge in [0.25, 0.3) is 0 Å². The summed E-state index contributed by atoms with van der Waals surface area (Å²) < 4.78 is 11.5. The molecule has 0 bridgehead atoms. The van der Waals surface area contributed by atoms with Gasteiger partial charge in [0.2, 0.25) is 5.91 Å². The predicted octanol–water partition coefficient (Wildman–Crippen LogP) is 4.78. The molecule has 3 aromatic rings. The highest BCUT2D eigenvalue weighted by Gasteiger charge is 2.33. The zero-order valence-electron chi connectivity index (χ0n) is 19.7. The summed E-state index contributed by atoms with van der Waals surface area (Å²) >= 11 is 1.72. The van der Waals surface area contributed by atoms with E-state index in [4.69, 9.17) is 9.15 Å². The smallest absolute Gasteiger partial charge is 0.318 e. The Labute approximate surface area is 204 Å². The number of fused-ring (bicyclic) bond motifs is 1. The first-order valence-corrected chi connectivity index (χ1v) is 12.5. The Balaban J connectivity index is 1.49. The molecule has 0 saturated heterocycles. The van der Waals surface area contributed by atoms with E-state index >= 15 is 0 Å². The van der Waals surface area contributed by atoms with Crippen molar-refractivity contribution in [1.82, 2.24) is 15.1 Å². The third-order valence-corrected chi connectivity index (χ3v) is 6.91. The molecule has 1 aliphatic heterocycles. The van der Waals surface area contributed by atoms with Gasteiger partial charge in [0.05, 0.1) is 18.8 Å². The van der Waals surface area contributed by atoms with E-state index in [0.29, 0.717) is 25.5 Å². The number of hydrogen-bond acceptors (Lipinski definition) is 5. The number of hydrogen-bond donors (Lipinski definition) is 1. The predicted molar refractivity (Wildman–Crippen MR) is 132 cm³/mol. The molecule has 2 aromatic heterocycles. The van der Waals surface area contributed by atoms with Crippen LogP contribution >= 0.6 is 11.3 Å². The van der Waals surface area contributed by atoms with Crippen LogP contribution in [0, 0.1) is 6.92 Å². The minimum absolute atomic E-state index is 0.0310. The molecule has 1 aliphatic rings. The van der Waals surface area contributed by atoms with Gasteiger partial charge >= 0.3 is 6.03 Å². The maximum absolute atomic E-state index is 13.5. The van der Waals surface area contributed by atoms with Crippen molar-refractivity contribution in [2.24, 2.45) is 0 Å². The fourth-order valence-corrected chi connectivity index (χ4v) is 5.00. The number of ether oxygens (including phenoxy) is 1. The van der Waals surface area contributed by atoms with Gasteiger partial charge in [-0.1, -0.05) is 24.6 Å². The first kappa shape index (κ1) is 23.9. The number of furan rings is 1. The number of amides is 3. The highest BCUT2D eigenvalue weighted by Crippen LogP contribution is 2.34. The third kappa shape index (κ3) is 5.80. The molecule has 1 aromatic carbocycles. The van der Waals surface area contributed by atoms with Crippen molar-refractivity contribution in [3.63, 3.8) is 0 Å². The van der Waals surface area contributed by atoms with E-state index < -0.39 is 0 Å². The summed E-state index contributed by atoms with van der Waals surface area (Å²) in [7, 11) is 0. The van der Waals surface area contributed by atoms with E-state index in [9.17, 15) is 9.59 Å². The van der Waals surface area contributed by atoms with E-state index in [0.717, 1.165) is 24.2 Å². The Hall–Kier alpha value is -3.26. The Morgan fingerprint density at radius 2 is 2.06 bits per heavy atom. The Morgan fingerprint density at radius 3 is 2.79 bits per heavy atom. The molecule has 4 rings (SSSR count). The quantitative estimate of drug-likeness (QED) is 0.477. The summed E-state index contributed by atoms with van der Waals surface area (Å²) in [5.74, 6) is 1.31. The van der Waals surface area contributed by atoms with Crippen molar-refractivity contribution in [1.29, 1.82) is 0 Å². The van der Waals surface area contributed by atoms with Gasteiger partial charge in [-0.15, -0.1) is 11.3 Å². The first-order chi connectivity index (χ1) is 16.5. The SMILES string of the molecule is CCCNC(=O)N(CC(=O)N1CCc2sccc2[C@@H]1COc1ccc(C)cc1)Cc1ccco1. The van der Waals surface area contributed by atoms with Crippen LogP contribution in [0.4, 0.5) is 4.79 Å². The number of urea groups is 1. The number of thiophene rings is 1. The van der Waals surface area contributed by atoms with E-state index in [1.54, 1.807) is 29.7 Å². The Bertz CT molecular complexity index is 1080. The van der Waals surface area contributed by atoms with Crippen molar-refractivity contribution < 1.29 is 18.7 Å². The summed E-state index contributed by atoms with van der Waals surface area (Å²) in [6, 6.07) is 13.1. The van der Waals surface area contributed by atoms with Gasteiger partial charge in [0, 0.05) is 18.0 Å². The van der Waals surface area contributed by atoms with Gasteiger partial charge in [-0.2, -0.15) is 0 Å². The number of nitrogens with one attached hydrogen (secondary N) is 1. The van der Waals surface area contributed by atoms with Gasteiger partial charge in [-0.25, -0.2) is 4.79 Å². The van der Waals surface area contributed by atoms with Gasteiger partial charge < -0.3 is 24.3 Å².